The number of anilines is 3. The molecule has 0 radical (unpaired) electrons. The van der Waals surface area contributed by atoms with E-state index < -0.39 is 6.04 Å². The highest BCUT2D eigenvalue weighted by Gasteiger charge is 2.29. The molecule has 2 unspecified atom stereocenters. The van der Waals surface area contributed by atoms with Crippen molar-refractivity contribution in [1.29, 1.82) is 0 Å². The van der Waals surface area contributed by atoms with Crippen LogP contribution in [0, 0.1) is 5.92 Å². The molecule has 2 aromatic carbocycles. The summed E-state index contributed by atoms with van der Waals surface area (Å²) in [7, 11) is 0. The number of carbonyl (C=O) groups excluding carboxylic acids is 2. The van der Waals surface area contributed by atoms with Crippen molar-refractivity contribution in [3.63, 3.8) is 0 Å². The molecule has 5 heteroatoms. The van der Waals surface area contributed by atoms with Crippen LogP contribution in [0.1, 0.15) is 51.5 Å². The lowest BCUT2D eigenvalue weighted by Crippen LogP contribution is -2.32. The van der Waals surface area contributed by atoms with E-state index in [4.69, 9.17) is 0 Å². The molecule has 5 nitrogen and oxygen atoms in total. The quantitative estimate of drug-likeness (QED) is 0.605. The number of rotatable bonds is 8. The first-order valence-electron chi connectivity index (χ1n) is 10.0. The third kappa shape index (κ3) is 5.12. The standard InChI is InChI=1S/C23H29N3O2/c1-4-15(2)20-7-5-6-8-21(20)26-22(27)16(3)24-18-11-13-19(14-12-18)25-23(28)17-9-10-17/h5-8,11-17,24H,4,9-10H2,1-3H3,(H,25,28)(H,26,27). The van der Waals surface area contributed by atoms with Crippen LogP contribution in [0.3, 0.4) is 0 Å². The Balaban J connectivity index is 1.57. The highest BCUT2D eigenvalue weighted by molar-refractivity contribution is 5.97. The van der Waals surface area contributed by atoms with Gasteiger partial charge in [0.2, 0.25) is 11.8 Å². The summed E-state index contributed by atoms with van der Waals surface area (Å²) in [6.07, 6.45) is 2.99. The maximum absolute atomic E-state index is 12.6. The molecule has 3 rings (SSSR count). The fraction of sp³-hybridized carbons (Fsp3) is 0.391. The molecule has 0 saturated heterocycles. The second-order valence-electron chi connectivity index (χ2n) is 7.59. The van der Waals surface area contributed by atoms with Crippen LogP contribution in [-0.2, 0) is 9.59 Å². The molecule has 1 aliphatic rings. The van der Waals surface area contributed by atoms with E-state index in [1.54, 1.807) is 0 Å². The molecule has 2 aromatic rings. The SMILES string of the molecule is CCC(C)c1ccccc1NC(=O)C(C)Nc1ccc(NC(=O)C2CC2)cc1. The van der Waals surface area contributed by atoms with Gasteiger partial charge in [0.25, 0.3) is 0 Å². The van der Waals surface area contributed by atoms with Gasteiger partial charge in [-0.2, -0.15) is 0 Å². The molecule has 2 atom stereocenters. The number of para-hydroxylation sites is 1. The van der Waals surface area contributed by atoms with Gasteiger partial charge in [-0.1, -0.05) is 32.0 Å². The van der Waals surface area contributed by atoms with Crippen LogP contribution in [0.25, 0.3) is 0 Å². The minimum Gasteiger partial charge on any atom is -0.374 e. The van der Waals surface area contributed by atoms with Crippen molar-refractivity contribution in [2.24, 2.45) is 5.92 Å². The van der Waals surface area contributed by atoms with Crippen molar-refractivity contribution < 1.29 is 9.59 Å². The van der Waals surface area contributed by atoms with Crippen molar-refractivity contribution in [3.05, 3.63) is 54.1 Å². The Kier molecular flexibility index (Phi) is 6.34. The Morgan fingerprint density at radius 3 is 2.25 bits per heavy atom. The summed E-state index contributed by atoms with van der Waals surface area (Å²) in [4.78, 5) is 24.5. The summed E-state index contributed by atoms with van der Waals surface area (Å²) in [5, 5.41) is 9.18. The van der Waals surface area contributed by atoms with E-state index in [1.165, 1.54) is 0 Å². The molecule has 2 amide bonds. The van der Waals surface area contributed by atoms with Gasteiger partial charge in [0, 0.05) is 23.0 Å². The molecule has 0 heterocycles. The normalized spacial score (nSPS) is 15.4. The smallest absolute Gasteiger partial charge is 0.246 e. The molecule has 1 saturated carbocycles. The monoisotopic (exact) mass is 379 g/mol. The second-order valence-corrected chi connectivity index (χ2v) is 7.59. The highest BCUT2D eigenvalue weighted by atomic mass is 16.2. The van der Waals surface area contributed by atoms with E-state index in [0.717, 1.165) is 41.9 Å². The van der Waals surface area contributed by atoms with E-state index in [2.05, 4.69) is 35.9 Å². The molecule has 28 heavy (non-hydrogen) atoms. The third-order valence-electron chi connectivity index (χ3n) is 5.24. The molecule has 1 fully saturated rings. The van der Waals surface area contributed by atoms with Crippen molar-refractivity contribution in [2.75, 3.05) is 16.0 Å². The lowest BCUT2D eigenvalue weighted by atomic mass is 9.97. The van der Waals surface area contributed by atoms with Crippen LogP contribution in [-0.4, -0.2) is 17.9 Å². The Bertz CT molecular complexity index is 828. The fourth-order valence-electron chi connectivity index (χ4n) is 3.06. The maximum atomic E-state index is 12.6. The minimum absolute atomic E-state index is 0.0816. The van der Waals surface area contributed by atoms with Crippen LogP contribution in [0.5, 0.6) is 0 Å². The van der Waals surface area contributed by atoms with Gasteiger partial charge >= 0.3 is 0 Å². The average molecular weight is 380 g/mol. The van der Waals surface area contributed by atoms with E-state index in [1.807, 2.05) is 49.4 Å². The minimum atomic E-state index is -0.392. The van der Waals surface area contributed by atoms with Gasteiger partial charge in [-0.25, -0.2) is 0 Å². The van der Waals surface area contributed by atoms with Crippen LogP contribution in [0.2, 0.25) is 0 Å². The Morgan fingerprint density at radius 2 is 1.61 bits per heavy atom. The number of hydrogen-bond acceptors (Lipinski definition) is 3. The van der Waals surface area contributed by atoms with E-state index >= 15 is 0 Å². The number of hydrogen-bond donors (Lipinski definition) is 3. The molecule has 0 aromatic heterocycles. The first kappa shape index (κ1) is 19.9. The molecular weight excluding hydrogens is 350 g/mol. The van der Waals surface area contributed by atoms with Crippen molar-refractivity contribution in [3.8, 4) is 0 Å². The molecular formula is C23H29N3O2. The zero-order chi connectivity index (χ0) is 20.1. The van der Waals surface area contributed by atoms with Crippen molar-refractivity contribution >= 4 is 28.9 Å². The molecule has 0 bridgehead atoms. The predicted molar refractivity (Wildman–Crippen MR) is 115 cm³/mol. The van der Waals surface area contributed by atoms with Gasteiger partial charge in [-0.05, 0) is 68.0 Å². The Morgan fingerprint density at radius 1 is 0.964 bits per heavy atom. The molecule has 1 aliphatic carbocycles. The summed E-state index contributed by atoms with van der Waals surface area (Å²) >= 11 is 0. The third-order valence-corrected chi connectivity index (χ3v) is 5.24. The van der Waals surface area contributed by atoms with Crippen LogP contribution < -0.4 is 16.0 Å². The maximum Gasteiger partial charge on any atom is 0.246 e. The zero-order valence-corrected chi connectivity index (χ0v) is 16.8. The van der Waals surface area contributed by atoms with Crippen LogP contribution in [0.15, 0.2) is 48.5 Å². The zero-order valence-electron chi connectivity index (χ0n) is 16.8. The summed E-state index contributed by atoms with van der Waals surface area (Å²) in [5.74, 6) is 0.577. The lowest BCUT2D eigenvalue weighted by Gasteiger charge is -2.19. The number of benzene rings is 2. The predicted octanol–water partition coefficient (Wildman–Crippen LogP) is 4.99. The van der Waals surface area contributed by atoms with Gasteiger partial charge in [-0.15, -0.1) is 0 Å². The first-order chi connectivity index (χ1) is 13.5. The summed E-state index contributed by atoms with van der Waals surface area (Å²) in [6.45, 7) is 6.14. The van der Waals surface area contributed by atoms with Gasteiger partial charge in [-0.3, -0.25) is 9.59 Å². The van der Waals surface area contributed by atoms with Crippen molar-refractivity contribution in [1.82, 2.24) is 0 Å². The van der Waals surface area contributed by atoms with Gasteiger partial charge in [0.05, 0.1) is 0 Å². The second kappa shape index (κ2) is 8.91. The number of nitrogens with one attached hydrogen (secondary N) is 3. The molecule has 148 valence electrons. The summed E-state index contributed by atoms with van der Waals surface area (Å²) in [6, 6.07) is 15.0. The Hall–Kier alpha value is -2.82. The lowest BCUT2D eigenvalue weighted by molar-refractivity contribution is -0.117. The highest BCUT2D eigenvalue weighted by Crippen LogP contribution is 2.30. The average Bonchev–Trinajstić information content (AvgIpc) is 3.54. The van der Waals surface area contributed by atoms with Crippen LogP contribution in [0.4, 0.5) is 17.1 Å². The number of carbonyl (C=O) groups is 2. The first-order valence-corrected chi connectivity index (χ1v) is 10.0. The summed E-state index contributed by atoms with van der Waals surface area (Å²) in [5.41, 5.74) is 3.64. The van der Waals surface area contributed by atoms with Crippen molar-refractivity contribution in [2.45, 2.75) is 52.0 Å². The molecule has 3 N–H and O–H groups in total. The Labute approximate surface area is 166 Å². The topological polar surface area (TPSA) is 70.2 Å². The van der Waals surface area contributed by atoms with Gasteiger partial charge < -0.3 is 16.0 Å². The summed E-state index contributed by atoms with van der Waals surface area (Å²) < 4.78 is 0. The van der Waals surface area contributed by atoms with Gasteiger partial charge in [0.1, 0.15) is 6.04 Å². The number of amides is 2. The molecule has 0 aliphatic heterocycles. The van der Waals surface area contributed by atoms with E-state index in [0.29, 0.717) is 5.92 Å². The van der Waals surface area contributed by atoms with Gasteiger partial charge in [0.15, 0.2) is 0 Å². The van der Waals surface area contributed by atoms with E-state index in [-0.39, 0.29) is 17.7 Å². The molecule has 0 spiro atoms. The fourth-order valence-corrected chi connectivity index (χ4v) is 3.06. The largest absolute Gasteiger partial charge is 0.374 e. The van der Waals surface area contributed by atoms with E-state index in [9.17, 15) is 9.59 Å². The van der Waals surface area contributed by atoms with Crippen LogP contribution >= 0.6 is 0 Å².